The van der Waals surface area contributed by atoms with Gasteiger partial charge >= 0.3 is 0 Å². The highest BCUT2D eigenvalue weighted by Gasteiger charge is 2.30. The largest absolute Gasteiger partial charge is 0.332 e. The lowest BCUT2D eigenvalue weighted by Gasteiger charge is -2.20. The smallest absolute Gasteiger partial charge is 0.272 e. The zero-order valence-electron chi connectivity index (χ0n) is 14.3. The van der Waals surface area contributed by atoms with Crippen LogP contribution in [-0.2, 0) is 6.54 Å². The highest BCUT2D eigenvalue weighted by atomic mass is 32.1. The number of aromatic nitrogens is 2. The molecule has 0 atom stereocenters. The van der Waals surface area contributed by atoms with Crippen molar-refractivity contribution in [2.75, 3.05) is 6.54 Å². The maximum atomic E-state index is 13.2. The first-order valence-corrected chi connectivity index (χ1v) is 9.61. The Balaban J connectivity index is 1.69. The van der Waals surface area contributed by atoms with E-state index in [4.69, 9.17) is 5.10 Å². The summed E-state index contributed by atoms with van der Waals surface area (Å²) in [5.41, 5.74) is 2.64. The number of amides is 1. The summed E-state index contributed by atoms with van der Waals surface area (Å²) in [7, 11) is 0. The van der Waals surface area contributed by atoms with Crippen LogP contribution in [0.1, 0.15) is 46.7 Å². The van der Waals surface area contributed by atoms with Crippen LogP contribution < -0.4 is 0 Å². The topological polar surface area (TPSA) is 38.1 Å². The van der Waals surface area contributed by atoms with Crippen molar-refractivity contribution in [3.63, 3.8) is 0 Å². The number of carbonyl (C=O) groups excluding carboxylic acids is 1. The van der Waals surface area contributed by atoms with Crippen LogP contribution in [0.2, 0.25) is 0 Å². The van der Waals surface area contributed by atoms with Gasteiger partial charge in [-0.05, 0) is 49.4 Å². The first-order chi connectivity index (χ1) is 12.3. The molecule has 1 fully saturated rings. The van der Waals surface area contributed by atoms with Crippen LogP contribution in [0.4, 0.5) is 0 Å². The maximum Gasteiger partial charge on any atom is 0.272 e. The average Bonchev–Trinajstić information content (AvgIpc) is 3.20. The summed E-state index contributed by atoms with van der Waals surface area (Å²) >= 11 is 1.68. The molecule has 2 heterocycles. The minimum atomic E-state index is 0.0409. The van der Waals surface area contributed by atoms with E-state index in [9.17, 15) is 4.79 Å². The van der Waals surface area contributed by atoms with Crippen molar-refractivity contribution in [2.24, 2.45) is 0 Å². The fourth-order valence-corrected chi connectivity index (χ4v) is 3.70. The Bertz CT molecular complexity index is 850. The van der Waals surface area contributed by atoms with E-state index < -0.39 is 0 Å². The Morgan fingerprint density at radius 3 is 2.68 bits per heavy atom. The van der Waals surface area contributed by atoms with Gasteiger partial charge in [0.2, 0.25) is 0 Å². The average molecular weight is 351 g/mol. The second-order valence-corrected chi connectivity index (χ2v) is 7.41. The van der Waals surface area contributed by atoms with Gasteiger partial charge in [0.15, 0.2) is 0 Å². The third-order valence-corrected chi connectivity index (χ3v) is 5.40. The van der Waals surface area contributed by atoms with E-state index in [1.165, 1.54) is 17.7 Å². The van der Waals surface area contributed by atoms with Gasteiger partial charge < -0.3 is 4.90 Å². The monoisotopic (exact) mass is 351 g/mol. The summed E-state index contributed by atoms with van der Waals surface area (Å²) in [5, 5.41) is 6.80. The van der Waals surface area contributed by atoms with Gasteiger partial charge in [-0.2, -0.15) is 5.10 Å². The first-order valence-electron chi connectivity index (χ1n) is 8.73. The summed E-state index contributed by atoms with van der Waals surface area (Å²) in [6.07, 6.45) is 2.35. The van der Waals surface area contributed by atoms with Gasteiger partial charge in [0, 0.05) is 17.3 Å². The fraction of sp³-hybridized carbons (Fsp3) is 0.300. The number of hydrogen-bond acceptors (Lipinski definition) is 3. The molecule has 0 spiro atoms. The molecule has 0 bridgehead atoms. The molecule has 0 aliphatic heterocycles. The van der Waals surface area contributed by atoms with Crippen LogP contribution in [0.15, 0.2) is 53.9 Å². The third-order valence-electron chi connectivity index (χ3n) is 4.54. The Kier molecular flexibility index (Phi) is 4.40. The van der Waals surface area contributed by atoms with E-state index in [2.05, 4.69) is 6.07 Å². The molecule has 1 saturated carbocycles. The molecule has 4 rings (SSSR count). The molecule has 1 aliphatic rings. The van der Waals surface area contributed by atoms with Crippen LogP contribution in [-0.4, -0.2) is 27.1 Å². The van der Waals surface area contributed by atoms with Gasteiger partial charge in [-0.3, -0.25) is 4.79 Å². The molecule has 4 nitrogen and oxygen atoms in total. The second-order valence-electron chi connectivity index (χ2n) is 6.37. The number of thiophene rings is 1. The summed E-state index contributed by atoms with van der Waals surface area (Å²) in [6, 6.07) is 16.0. The number of para-hydroxylation sites is 1. The lowest BCUT2D eigenvalue weighted by molar-refractivity contribution is 0.0745. The third kappa shape index (κ3) is 3.37. The summed E-state index contributed by atoms with van der Waals surface area (Å²) in [4.78, 5) is 16.3. The molecule has 2 aromatic heterocycles. The number of rotatable bonds is 6. The number of benzene rings is 1. The summed E-state index contributed by atoms with van der Waals surface area (Å²) in [5.74, 6) is 0.558. The highest BCUT2D eigenvalue weighted by molar-refractivity contribution is 7.09. The molecule has 3 aromatic rings. The van der Waals surface area contributed by atoms with Crippen molar-refractivity contribution in [2.45, 2.75) is 32.2 Å². The van der Waals surface area contributed by atoms with Crippen molar-refractivity contribution < 1.29 is 4.79 Å². The van der Waals surface area contributed by atoms with Gasteiger partial charge in [-0.1, -0.05) is 24.3 Å². The molecule has 0 saturated heterocycles. The normalized spacial score (nSPS) is 13.8. The lowest BCUT2D eigenvalue weighted by atomic mass is 10.2. The van der Waals surface area contributed by atoms with Gasteiger partial charge in [0.25, 0.3) is 5.91 Å². The van der Waals surface area contributed by atoms with Crippen LogP contribution in [0.5, 0.6) is 0 Å². The van der Waals surface area contributed by atoms with E-state index in [1.807, 2.05) is 64.4 Å². The van der Waals surface area contributed by atoms with E-state index in [-0.39, 0.29) is 5.91 Å². The zero-order chi connectivity index (χ0) is 17.2. The van der Waals surface area contributed by atoms with Gasteiger partial charge in [-0.15, -0.1) is 11.3 Å². The molecule has 1 amide bonds. The Morgan fingerprint density at radius 2 is 2.04 bits per heavy atom. The van der Waals surface area contributed by atoms with E-state index in [1.54, 1.807) is 11.3 Å². The van der Waals surface area contributed by atoms with Crippen LogP contribution in [0, 0.1) is 0 Å². The van der Waals surface area contributed by atoms with Gasteiger partial charge in [0.05, 0.1) is 17.9 Å². The molecule has 128 valence electrons. The second kappa shape index (κ2) is 6.84. The van der Waals surface area contributed by atoms with Crippen LogP contribution in [0.25, 0.3) is 5.69 Å². The lowest BCUT2D eigenvalue weighted by Crippen LogP contribution is -2.31. The SMILES string of the molecule is CCN(Cc1cccs1)C(=O)c1cc(C2CC2)nn1-c1ccccc1. The molecule has 1 aliphatic carbocycles. The Hall–Kier alpha value is -2.40. The minimum absolute atomic E-state index is 0.0409. The predicted molar refractivity (Wildman–Crippen MR) is 100 cm³/mol. The molecule has 25 heavy (non-hydrogen) atoms. The zero-order valence-corrected chi connectivity index (χ0v) is 15.1. The van der Waals surface area contributed by atoms with E-state index >= 15 is 0 Å². The van der Waals surface area contributed by atoms with Crippen molar-refractivity contribution >= 4 is 17.2 Å². The summed E-state index contributed by atoms with van der Waals surface area (Å²) in [6.45, 7) is 3.34. The molecule has 0 radical (unpaired) electrons. The van der Waals surface area contributed by atoms with Gasteiger partial charge in [-0.25, -0.2) is 4.68 Å². The van der Waals surface area contributed by atoms with Crippen molar-refractivity contribution in [1.29, 1.82) is 0 Å². The molecule has 1 aromatic carbocycles. The number of hydrogen-bond donors (Lipinski definition) is 0. The summed E-state index contributed by atoms with van der Waals surface area (Å²) < 4.78 is 1.81. The molecular weight excluding hydrogens is 330 g/mol. The van der Waals surface area contributed by atoms with Crippen LogP contribution in [0.3, 0.4) is 0 Å². The quantitative estimate of drug-likeness (QED) is 0.657. The van der Waals surface area contributed by atoms with Crippen molar-refractivity contribution in [3.8, 4) is 5.69 Å². The minimum Gasteiger partial charge on any atom is -0.332 e. The van der Waals surface area contributed by atoms with E-state index in [0.29, 0.717) is 24.7 Å². The number of carbonyl (C=O) groups is 1. The molecule has 0 N–H and O–H groups in total. The molecule has 0 unspecified atom stereocenters. The fourth-order valence-electron chi connectivity index (χ4n) is 2.98. The predicted octanol–water partition coefficient (Wildman–Crippen LogP) is 4.47. The molecule has 5 heteroatoms. The molecular formula is C20H21N3OS. The highest BCUT2D eigenvalue weighted by Crippen LogP contribution is 2.39. The van der Waals surface area contributed by atoms with Crippen molar-refractivity contribution in [3.05, 3.63) is 70.2 Å². The first kappa shape index (κ1) is 16.1. The van der Waals surface area contributed by atoms with Crippen LogP contribution >= 0.6 is 11.3 Å². The standard InChI is InChI=1S/C20H21N3OS/c1-2-22(14-17-9-6-12-25-17)20(24)19-13-18(15-10-11-15)21-23(19)16-7-4-3-5-8-16/h3-9,12-13,15H,2,10-11,14H2,1H3. The number of nitrogens with zero attached hydrogens (tertiary/aromatic N) is 3. The van der Waals surface area contributed by atoms with Gasteiger partial charge in [0.1, 0.15) is 5.69 Å². The van der Waals surface area contributed by atoms with E-state index in [0.717, 1.165) is 11.4 Å². The Morgan fingerprint density at radius 1 is 1.24 bits per heavy atom. The maximum absolute atomic E-state index is 13.2. The van der Waals surface area contributed by atoms with Crippen molar-refractivity contribution in [1.82, 2.24) is 14.7 Å². The Labute approximate surface area is 151 Å².